The molecule has 1 aliphatic rings. The summed E-state index contributed by atoms with van der Waals surface area (Å²) >= 11 is 6.47. The molecule has 1 aromatic heterocycles. The number of pyridine rings is 1. The molecule has 0 radical (unpaired) electrons. The molecule has 2 unspecified atom stereocenters. The standard InChI is InChI=1S/C26H39ClN2O3/c1-3-5-18(6-4-7-24(30)19-12-14-28-15-13-19)8-11-25(31)26-21-16-20(32-2)9-10-23(21)29-17-22(26)27/h9-10,16-19,24-25,28,30-31H,3-8,11-15H2,1-2H3/t18?,24?,25-/m0/s1. The number of hydrogen-bond donors (Lipinski definition) is 3. The number of piperidine rings is 1. The Kier molecular flexibility index (Phi) is 10.0. The van der Waals surface area contributed by atoms with Gasteiger partial charge in [-0.3, -0.25) is 4.98 Å². The second-order valence-electron chi connectivity index (χ2n) is 9.24. The van der Waals surface area contributed by atoms with E-state index in [0.717, 1.165) is 86.7 Å². The molecular weight excluding hydrogens is 424 g/mol. The summed E-state index contributed by atoms with van der Waals surface area (Å²) in [6.07, 6.45) is 9.89. The number of rotatable bonds is 12. The van der Waals surface area contributed by atoms with Crippen LogP contribution in [0.2, 0.25) is 5.02 Å². The maximum atomic E-state index is 11.1. The van der Waals surface area contributed by atoms with Gasteiger partial charge in [0, 0.05) is 17.1 Å². The highest BCUT2D eigenvalue weighted by Gasteiger charge is 2.22. The van der Waals surface area contributed by atoms with E-state index in [0.29, 0.717) is 23.3 Å². The van der Waals surface area contributed by atoms with Crippen molar-refractivity contribution in [1.82, 2.24) is 10.3 Å². The molecular formula is C26H39ClN2O3. The Morgan fingerprint density at radius 3 is 2.62 bits per heavy atom. The molecule has 1 saturated heterocycles. The normalized spacial score (nSPS) is 17.9. The van der Waals surface area contributed by atoms with E-state index >= 15 is 0 Å². The molecule has 6 heteroatoms. The van der Waals surface area contributed by atoms with Gasteiger partial charge in [-0.15, -0.1) is 0 Å². The summed E-state index contributed by atoms with van der Waals surface area (Å²) in [6, 6.07) is 5.67. The summed E-state index contributed by atoms with van der Waals surface area (Å²) in [7, 11) is 1.63. The van der Waals surface area contributed by atoms with Crippen molar-refractivity contribution in [3.63, 3.8) is 0 Å². The number of nitrogens with zero attached hydrogens (tertiary/aromatic N) is 1. The maximum Gasteiger partial charge on any atom is 0.119 e. The average Bonchev–Trinajstić information content (AvgIpc) is 2.82. The third-order valence-electron chi connectivity index (χ3n) is 6.99. The molecule has 0 aliphatic carbocycles. The summed E-state index contributed by atoms with van der Waals surface area (Å²) in [6.45, 7) is 4.26. The fraction of sp³-hybridized carbons (Fsp3) is 0.654. The Morgan fingerprint density at radius 1 is 1.12 bits per heavy atom. The van der Waals surface area contributed by atoms with Crippen LogP contribution in [0.4, 0.5) is 0 Å². The van der Waals surface area contributed by atoms with E-state index in [1.807, 2.05) is 18.2 Å². The van der Waals surface area contributed by atoms with E-state index in [9.17, 15) is 10.2 Å². The summed E-state index contributed by atoms with van der Waals surface area (Å²) in [5.74, 6) is 1.73. The van der Waals surface area contributed by atoms with E-state index in [2.05, 4.69) is 17.2 Å². The lowest BCUT2D eigenvalue weighted by atomic mass is 9.86. The van der Waals surface area contributed by atoms with E-state index < -0.39 is 6.10 Å². The molecule has 2 heterocycles. The van der Waals surface area contributed by atoms with Gasteiger partial charge in [-0.2, -0.15) is 0 Å². The van der Waals surface area contributed by atoms with Gasteiger partial charge < -0.3 is 20.3 Å². The van der Waals surface area contributed by atoms with Gasteiger partial charge in [0.2, 0.25) is 0 Å². The van der Waals surface area contributed by atoms with Gasteiger partial charge >= 0.3 is 0 Å². The Bertz CT molecular complexity index is 841. The van der Waals surface area contributed by atoms with Crippen LogP contribution >= 0.6 is 11.6 Å². The molecule has 5 nitrogen and oxygen atoms in total. The van der Waals surface area contributed by atoms with Crippen LogP contribution in [0.15, 0.2) is 24.4 Å². The van der Waals surface area contributed by atoms with Crippen molar-refractivity contribution < 1.29 is 14.9 Å². The molecule has 3 N–H and O–H groups in total. The fourth-order valence-electron chi connectivity index (χ4n) is 5.09. The van der Waals surface area contributed by atoms with E-state index in [4.69, 9.17) is 16.3 Å². The van der Waals surface area contributed by atoms with Crippen molar-refractivity contribution in [2.75, 3.05) is 20.2 Å². The summed E-state index contributed by atoms with van der Waals surface area (Å²) in [5, 5.41) is 26.3. The number of aliphatic hydroxyl groups excluding tert-OH is 2. The largest absolute Gasteiger partial charge is 0.497 e. The van der Waals surface area contributed by atoms with Gasteiger partial charge in [0.05, 0.1) is 29.9 Å². The van der Waals surface area contributed by atoms with Crippen molar-refractivity contribution in [3.8, 4) is 5.75 Å². The van der Waals surface area contributed by atoms with Crippen molar-refractivity contribution in [1.29, 1.82) is 0 Å². The quantitative estimate of drug-likeness (QED) is 0.379. The predicted molar refractivity (Wildman–Crippen MR) is 131 cm³/mol. The summed E-state index contributed by atoms with van der Waals surface area (Å²) in [5.41, 5.74) is 1.55. The minimum atomic E-state index is -0.639. The summed E-state index contributed by atoms with van der Waals surface area (Å²) in [4.78, 5) is 4.39. The van der Waals surface area contributed by atoms with Crippen LogP contribution in [-0.2, 0) is 0 Å². The first-order chi connectivity index (χ1) is 15.5. The Hall–Kier alpha value is -1.40. The molecule has 1 aromatic carbocycles. The molecule has 1 fully saturated rings. The van der Waals surface area contributed by atoms with Gasteiger partial charge in [0.1, 0.15) is 5.75 Å². The lowest BCUT2D eigenvalue weighted by Crippen LogP contribution is -2.34. The Morgan fingerprint density at radius 2 is 1.91 bits per heavy atom. The number of aliphatic hydroxyl groups is 2. The molecule has 2 aromatic rings. The molecule has 178 valence electrons. The molecule has 3 atom stereocenters. The Balaban J connectivity index is 1.57. The van der Waals surface area contributed by atoms with Crippen molar-refractivity contribution in [3.05, 3.63) is 35.0 Å². The third kappa shape index (κ3) is 6.80. The number of halogens is 1. The van der Waals surface area contributed by atoms with Gasteiger partial charge in [-0.05, 0) is 75.2 Å². The fourth-order valence-corrected chi connectivity index (χ4v) is 5.37. The summed E-state index contributed by atoms with van der Waals surface area (Å²) < 4.78 is 5.36. The molecule has 0 saturated carbocycles. The second-order valence-corrected chi connectivity index (χ2v) is 9.64. The van der Waals surface area contributed by atoms with Crippen molar-refractivity contribution in [2.24, 2.45) is 11.8 Å². The molecule has 0 bridgehead atoms. The molecule has 0 spiro atoms. The van der Waals surface area contributed by atoms with Gasteiger partial charge in [-0.25, -0.2) is 0 Å². The van der Waals surface area contributed by atoms with E-state index in [1.165, 1.54) is 0 Å². The van der Waals surface area contributed by atoms with Crippen LogP contribution < -0.4 is 10.1 Å². The number of ether oxygens (including phenoxy) is 1. The lowest BCUT2D eigenvalue weighted by molar-refractivity contribution is 0.0767. The van der Waals surface area contributed by atoms with Crippen LogP contribution in [0.3, 0.4) is 0 Å². The van der Waals surface area contributed by atoms with Crippen LogP contribution in [0.25, 0.3) is 10.9 Å². The lowest BCUT2D eigenvalue weighted by Gasteiger charge is -2.27. The van der Waals surface area contributed by atoms with E-state index in [-0.39, 0.29) is 6.10 Å². The highest BCUT2D eigenvalue weighted by molar-refractivity contribution is 6.32. The van der Waals surface area contributed by atoms with Crippen LogP contribution in [0, 0.1) is 11.8 Å². The third-order valence-corrected chi connectivity index (χ3v) is 7.29. The molecule has 0 amide bonds. The highest BCUT2D eigenvalue weighted by atomic mass is 35.5. The number of methoxy groups -OCH3 is 1. The van der Waals surface area contributed by atoms with E-state index in [1.54, 1.807) is 13.3 Å². The number of fused-ring (bicyclic) bond motifs is 1. The van der Waals surface area contributed by atoms with Crippen LogP contribution in [0.5, 0.6) is 5.75 Å². The minimum Gasteiger partial charge on any atom is -0.497 e. The zero-order chi connectivity index (χ0) is 22.9. The van der Waals surface area contributed by atoms with Crippen LogP contribution in [-0.4, -0.2) is 41.5 Å². The first kappa shape index (κ1) is 25.2. The zero-order valence-electron chi connectivity index (χ0n) is 19.5. The highest BCUT2D eigenvalue weighted by Crippen LogP contribution is 2.35. The van der Waals surface area contributed by atoms with Gasteiger partial charge in [-0.1, -0.05) is 44.2 Å². The molecule has 1 aliphatic heterocycles. The molecule has 3 rings (SSSR count). The number of hydrogen-bond acceptors (Lipinski definition) is 5. The molecule has 32 heavy (non-hydrogen) atoms. The zero-order valence-corrected chi connectivity index (χ0v) is 20.3. The second kappa shape index (κ2) is 12.7. The average molecular weight is 463 g/mol. The first-order valence-corrected chi connectivity index (χ1v) is 12.6. The number of aromatic nitrogens is 1. The van der Waals surface area contributed by atoms with Crippen molar-refractivity contribution in [2.45, 2.75) is 76.9 Å². The van der Waals surface area contributed by atoms with Gasteiger partial charge in [0.15, 0.2) is 0 Å². The van der Waals surface area contributed by atoms with Crippen LogP contribution in [0.1, 0.15) is 76.4 Å². The monoisotopic (exact) mass is 462 g/mol. The minimum absolute atomic E-state index is 0.179. The Labute approximate surface area is 197 Å². The van der Waals surface area contributed by atoms with Crippen molar-refractivity contribution >= 4 is 22.5 Å². The smallest absolute Gasteiger partial charge is 0.119 e. The SMILES string of the molecule is CCCC(CCCC(O)C1CCNCC1)CC[C@H](O)c1c(Cl)cnc2ccc(OC)cc12. The maximum absolute atomic E-state index is 11.1. The topological polar surface area (TPSA) is 74.6 Å². The van der Waals surface area contributed by atoms with Gasteiger partial charge in [0.25, 0.3) is 0 Å². The number of nitrogens with one attached hydrogen (secondary N) is 1. The first-order valence-electron chi connectivity index (χ1n) is 12.2. The predicted octanol–water partition coefficient (Wildman–Crippen LogP) is 5.66. The number of benzene rings is 1.